The number of rotatable bonds is 6. The highest BCUT2D eigenvalue weighted by atomic mass is 32.1. The van der Waals surface area contributed by atoms with Gasteiger partial charge in [0, 0.05) is 31.2 Å². The van der Waals surface area contributed by atoms with Gasteiger partial charge in [-0.25, -0.2) is 10.3 Å². The molecule has 0 aliphatic carbocycles. The standard InChI is InChI=1S/C17H26N6O2S.C3H8/c1-4-20(2)11-16(24)21(3)13-6-5-12-7-8-22(14(12)9-13)17(25)15(10-18)23(19)26;1-3-2/h5-6,9-10,26H,4,7-8,11,18-19H2,1-3H3;3H2,1-2H3/b15-10-;. The van der Waals surface area contributed by atoms with E-state index in [1.165, 1.54) is 6.42 Å². The van der Waals surface area contributed by atoms with Crippen LogP contribution in [0.4, 0.5) is 11.4 Å². The van der Waals surface area contributed by atoms with Crippen molar-refractivity contribution < 1.29 is 9.59 Å². The normalized spacial score (nSPS) is 13.0. The summed E-state index contributed by atoms with van der Waals surface area (Å²) < 4.78 is 0.903. The quantitative estimate of drug-likeness (QED) is 0.279. The first-order valence-electron chi connectivity index (χ1n) is 9.77. The first-order chi connectivity index (χ1) is 13.7. The summed E-state index contributed by atoms with van der Waals surface area (Å²) in [6, 6.07) is 5.68. The molecule has 0 atom stereocenters. The molecule has 0 unspecified atom stereocenters. The molecule has 29 heavy (non-hydrogen) atoms. The van der Waals surface area contributed by atoms with Crippen LogP contribution in [0.1, 0.15) is 32.8 Å². The number of hydrazine groups is 1. The number of carbonyl (C=O) groups excluding carboxylic acids is 2. The van der Waals surface area contributed by atoms with E-state index in [1.807, 2.05) is 37.1 Å². The molecule has 1 aliphatic rings. The second-order valence-corrected chi connectivity index (χ2v) is 7.34. The predicted molar refractivity (Wildman–Crippen MR) is 122 cm³/mol. The first kappa shape index (κ1) is 24.8. The Labute approximate surface area is 179 Å². The Morgan fingerprint density at radius 1 is 1.24 bits per heavy atom. The topological polar surface area (TPSA) is 99.1 Å². The van der Waals surface area contributed by atoms with Gasteiger partial charge in [-0.2, -0.15) is 0 Å². The van der Waals surface area contributed by atoms with E-state index in [1.54, 1.807) is 16.8 Å². The van der Waals surface area contributed by atoms with E-state index in [-0.39, 0.29) is 17.5 Å². The molecule has 8 nitrogen and oxygen atoms in total. The molecule has 2 rings (SSSR count). The van der Waals surface area contributed by atoms with E-state index < -0.39 is 0 Å². The lowest BCUT2D eigenvalue weighted by Gasteiger charge is -2.24. The molecule has 4 N–H and O–H groups in total. The summed E-state index contributed by atoms with van der Waals surface area (Å²) in [5.41, 5.74) is 8.10. The number of hydrogen-bond acceptors (Lipinski definition) is 7. The van der Waals surface area contributed by atoms with Crippen LogP contribution in [0, 0.1) is 0 Å². The number of thiol groups is 1. The maximum atomic E-state index is 12.7. The SMILES string of the molecule is CCC.CCN(C)CC(=O)N(C)c1ccc2c(c1)N(C(=O)/C(=C/N)N(N)S)CC2. The van der Waals surface area contributed by atoms with Gasteiger partial charge in [-0.15, -0.1) is 0 Å². The fourth-order valence-electron chi connectivity index (χ4n) is 2.76. The third-order valence-electron chi connectivity index (χ3n) is 4.54. The highest BCUT2D eigenvalue weighted by Crippen LogP contribution is 2.33. The molecule has 0 aromatic heterocycles. The Morgan fingerprint density at radius 2 is 1.86 bits per heavy atom. The minimum Gasteiger partial charge on any atom is -0.403 e. The third kappa shape index (κ3) is 6.38. The third-order valence-corrected chi connectivity index (χ3v) is 4.76. The van der Waals surface area contributed by atoms with Crippen molar-refractivity contribution in [2.24, 2.45) is 11.6 Å². The van der Waals surface area contributed by atoms with Crippen molar-refractivity contribution in [1.29, 1.82) is 0 Å². The van der Waals surface area contributed by atoms with Gasteiger partial charge in [0.1, 0.15) is 5.70 Å². The van der Waals surface area contributed by atoms with Crippen LogP contribution in [0.15, 0.2) is 30.1 Å². The van der Waals surface area contributed by atoms with E-state index >= 15 is 0 Å². The maximum absolute atomic E-state index is 12.7. The van der Waals surface area contributed by atoms with Gasteiger partial charge in [0.05, 0.1) is 6.54 Å². The van der Waals surface area contributed by atoms with Crippen molar-refractivity contribution >= 4 is 36.0 Å². The smallest absolute Gasteiger partial charge is 0.278 e. The average Bonchev–Trinajstić information content (AvgIpc) is 3.11. The van der Waals surface area contributed by atoms with Crippen LogP contribution < -0.4 is 21.4 Å². The van der Waals surface area contributed by atoms with E-state index in [0.29, 0.717) is 13.1 Å². The number of nitrogens with zero attached hydrogens (tertiary/aromatic N) is 4. The molecule has 0 radical (unpaired) electrons. The van der Waals surface area contributed by atoms with Crippen molar-refractivity contribution in [1.82, 2.24) is 9.31 Å². The van der Waals surface area contributed by atoms with Gasteiger partial charge in [-0.05, 0) is 50.5 Å². The monoisotopic (exact) mass is 422 g/mol. The van der Waals surface area contributed by atoms with Gasteiger partial charge in [0.2, 0.25) is 5.91 Å². The molecule has 9 heteroatoms. The molecular weight excluding hydrogens is 388 g/mol. The van der Waals surface area contributed by atoms with E-state index in [2.05, 4.69) is 26.7 Å². The Bertz CT molecular complexity index is 738. The van der Waals surface area contributed by atoms with Crippen molar-refractivity contribution in [2.75, 3.05) is 43.5 Å². The number of likely N-dealkylation sites (N-methyl/N-ethyl adjacent to an activating group) is 2. The number of nitrogens with two attached hydrogens (primary N) is 2. The van der Waals surface area contributed by atoms with Gasteiger partial charge < -0.3 is 15.5 Å². The lowest BCUT2D eigenvalue weighted by molar-refractivity contribution is -0.119. The van der Waals surface area contributed by atoms with Crippen LogP contribution in [-0.4, -0.2) is 54.9 Å². The summed E-state index contributed by atoms with van der Waals surface area (Å²) in [6.07, 6.45) is 3.11. The Kier molecular flexibility index (Phi) is 10.0. The fourth-order valence-corrected chi connectivity index (χ4v) is 2.92. The molecule has 1 heterocycles. The van der Waals surface area contributed by atoms with Crippen molar-refractivity contribution in [2.45, 2.75) is 33.6 Å². The molecule has 0 saturated heterocycles. The van der Waals surface area contributed by atoms with Crippen molar-refractivity contribution in [3.63, 3.8) is 0 Å². The maximum Gasteiger partial charge on any atom is 0.278 e. The van der Waals surface area contributed by atoms with Crippen molar-refractivity contribution in [3.8, 4) is 0 Å². The summed E-state index contributed by atoms with van der Waals surface area (Å²) in [5, 5.41) is 0. The number of benzene rings is 1. The van der Waals surface area contributed by atoms with Gasteiger partial charge in [-0.1, -0.05) is 33.3 Å². The molecule has 0 saturated carbocycles. The molecule has 0 fully saturated rings. The summed E-state index contributed by atoms with van der Waals surface area (Å²) in [4.78, 5) is 30.2. The molecule has 0 bridgehead atoms. The van der Waals surface area contributed by atoms with Crippen LogP contribution in [-0.2, 0) is 16.0 Å². The Balaban J connectivity index is 0.00000132. The lowest BCUT2D eigenvalue weighted by Crippen LogP contribution is -2.38. The average molecular weight is 423 g/mol. The van der Waals surface area contributed by atoms with Crippen molar-refractivity contribution in [3.05, 3.63) is 35.7 Å². The lowest BCUT2D eigenvalue weighted by atomic mass is 10.1. The number of anilines is 2. The molecule has 1 aromatic rings. The van der Waals surface area contributed by atoms with Crippen LogP contribution in [0.5, 0.6) is 0 Å². The zero-order valence-corrected chi connectivity index (χ0v) is 18.9. The van der Waals surface area contributed by atoms with Crippen LogP contribution in [0.25, 0.3) is 0 Å². The largest absolute Gasteiger partial charge is 0.403 e. The Hall–Kier alpha value is -2.23. The molecular formula is C20H34N6O2S. The number of carbonyl (C=O) groups is 2. The number of hydrogen-bond donors (Lipinski definition) is 3. The Morgan fingerprint density at radius 3 is 2.38 bits per heavy atom. The summed E-state index contributed by atoms with van der Waals surface area (Å²) >= 11 is 3.95. The van der Waals surface area contributed by atoms with E-state index in [0.717, 1.165) is 40.5 Å². The van der Waals surface area contributed by atoms with E-state index in [4.69, 9.17) is 11.6 Å². The zero-order chi connectivity index (χ0) is 22.1. The highest BCUT2D eigenvalue weighted by molar-refractivity contribution is 7.77. The van der Waals surface area contributed by atoms with Gasteiger partial charge in [0.25, 0.3) is 5.91 Å². The minimum absolute atomic E-state index is 0.0174. The molecule has 0 spiro atoms. The zero-order valence-electron chi connectivity index (χ0n) is 18.1. The van der Waals surface area contributed by atoms with Gasteiger partial charge >= 0.3 is 0 Å². The van der Waals surface area contributed by atoms with Gasteiger partial charge in [0.15, 0.2) is 0 Å². The van der Waals surface area contributed by atoms with Crippen LogP contribution in [0.2, 0.25) is 0 Å². The molecule has 1 aliphatic heterocycles. The van der Waals surface area contributed by atoms with Crippen LogP contribution in [0.3, 0.4) is 0 Å². The summed E-state index contributed by atoms with van der Waals surface area (Å²) in [5.74, 6) is 5.21. The fraction of sp³-hybridized carbons (Fsp3) is 0.500. The summed E-state index contributed by atoms with van der Waals surface area (Å²) in [6.45, 7) is 7.89. The van der Waals surface area contributed by atoms with E-state index in [9.17, 15) is 9.59 Å². The minimum atomic E-state index is -0.333. The van der Waals surface area contributed by atoms with Crippen LogP contribution >= 0.6 is 12.8 Å². The molecule has 162 valence electrons. The van der Waals surface area contributed by atoms with Gasteiger partial charge in [-0.3, -0.25) is 14.5 Å². The molecule has 1 aromatic carbocycles. The second-order valence-electron chi connectivity index (χ2n) is 6.91. The predicted octanol–water partition coefficient (Wildman–Crippen LogP) is 1.73. The second kappa shape index (κ2) is 11.7. The number of amides is 2. The highest BCUT2D eigenvalue weighted by Gasteiger charge is 2.29. The number of fused-ring (bicyclic) bond motifs is 1. The summed E-state index contributed by atoms with van der Waals surface area (Å²) in [7, 11) is 3.63. The first-order valence-corrected chi connectivity index (χ1v) is 10.2. The molecule has 2 amide bonds.